The lowest BCUT2D eigenvalue weighted by molar-refractivity contribution is -0.137. The number of nitrogens with zero attached hydrogens (tertiary/aromatic N) is 4. The van der Waals surface area contributed by atoms with Gasteiger partial charge in [-0.25, -0.2) is 14.8 Å². The number of nitrogens with two attached hydrogens (primary N) is 1. The smallest absolute Gasteiger partial charge is 0.407 e. The Hall–Kier alpha value is -5.23. The van der Waals surface area contributed by atoms with E-state index in [0.29, 0.717) is 12.5 Å². The number of likely N-dealkylation sites (tertiary alicyclic amines) is 2. The van der Waals surface area contributed by atoms with Crippen LogP contribution in [-0.4, -0.2) is 79.9 Å². The number of nitrogens with one attached hydrogen (secondary N) is 3. The first kappa shape index (κ1) is 34.5. The molecule has 12 heteroatoms. The quantitative estimate of drug-likeness (QED) is 0.131. The van der Waals surface area contributed by atoms with Crippen molar-refractivity contribution in [3.8, 4) is 22.4 Å². The standard InChI is InChI=1S/C42H48N8O4/c1-54-42(53)48-37(25-8-3-9-25)41(52)50-19-4-10-34(50)38-44-23-33(47-38)30-15-14-26-20-27(12-13-28(26)21-30)29-16-17-31-32(22-29)46-39(45-31)35-11-5-18-49(35)40(51)36(43)24-6-2-7-24/h12-17,20-25,34-37H,2-11,18-19,43H2,1H3,(H,44,47)(H,45,46)(H,48,53)/t34-,35-,36-,37-/m0/s1. The number of carbonyl (C=O) groups excluding carboxylic acids is 3. The molecule has 4 atom stereocenters. The molecule has 2 aromatic heterocycles. The molecule has 12 nitrogen and oxygen atoms in total. The molecule has 9 rings (SSSR count). The molecule has 4 aliphatic rings. The number of aromatic amines is 2. The minimum Gasteiger partial charge on any atom is -0.453 e. The second-order valence-electron chi connectivity index (χ2n) is 15.7. The summed E-state index contributed by atoms with van der Waals surface area (Å²) in [4.78, 5) is 59.8. The molecule has 0 unspecified atom stereocenters. The van der Waals surface area contributed by atoms with Gasteiger partial charge in [-0.3, -0.25) is 9.59 Å². The third kappa shape index (κ3) is 6.29. The Balaban J connectivity index is 0.909. The van der Waals surface area contributed by atoms with Gasteiger partial charge < -0.3 is 35.6 Å². The second kappa shape index (κ2) is 14.2. The molecule has 2 aliphatic carbocycles. The van der Waals surface area contributed by atoms with Crippen molar-refractivity contribution in [1.29, 1.82) is 0 Å². The molecule has 2 saturated heterocycles. The van der Waals surface area contributed by atoms with Crippen molar-refractivity contribution in [2.75, 3.05) is 20.2 Å². The first-order valence-electron chi connectivity index (χ1n) is 19.6. The van der Waals surface area contributed by atoms with Crippen LogP contribution in [0.2, 0.25) is 0 Å². The number of hydrogen-bond donors (Lipinski definition) is 4. The van der Waals surface area contributed by atoms with Crippen LogP contribution in [0.5, 0.6) is 0 Å². The topological polar surface area (TPSA) is 162 Å². The lowest BCUT2D eigenvalue weighted by Crippen LogP contribution is -2.53. The molecule has 2 saturated carbocycles. The number of ether oxygens (including phenoxy) is 1. The van der Waals surface area contributed by atoms with Gasteiger partial charge in [0.15, 0.2) is 0 Å². The SMILES string of the molecule is COC(=O)N[C@H](C(=O)N1CCC[C@H]1c1ncc(-c2ccc3cc(-c4ccc5nc([C@@H]6CCCN6C(=O)[C@@H](N)C6CCC6)[nH]c5c4)ccc3c2)[nH]1)C1CCC1. The average molecular weight is 729 g/mol. The first-order chi connectivity index (χ1) is 26.3. The zero-order valence-corrected chi connectivity index (χ0v) is 30.7. The van der Waals surface area contributed by atoms with E-state index in [0.717, 1.165) is 127 Å². The zero-order chi connectivity index (χ0) is 36.9. The Bertz CT molecular complexity index is 2220. The fraction of sp³-hybridized carbons (Fsp3) is 0.452. The maximum atomic E-state index is 13.8. The largest absolute Gasteiger partial charge is 0.453 e. The van der Waals surface area contributed by atoms with E-state index in [9.17, 15) is 14.4 Å². The van der Waals surface area contributed by atoms with E-state index in [4.69, 9.17) is 20.4 Å². The van der Waals surface area contributed by atoms with E-state index in [2.05, 4.69) is 69.9 Å². The van der Waals surface area contributed by atoms with Crippen LogP contribution < -0.4 is 11.1 Å². The fourth-order valence-corrected chi connectivity index (χ4v) is 8.95. The number of methoxy groups -OCH3 is 1. The molecule has 0 spiro atoms. The van der Waals surface area contributed by atoms with Gasteiger partial charge in [0.1, 0.15) is 17.7 Å². The van der Waals surface area contributed by atoms with Crippen molar-refractivity contribution in [3.63, 3.8) is 0 Å². The first-order valence-corrected chi connectivity index (χ1v) is 19.6. The van der Waals surface area contributed by atoms with E-state index in [-0.39, 0.29) is 29.8 Å². The molecule has 0 radical (unpaired) electrons. The Morgan fingerprint density at radius 2 is 1.39 bits per heavy atom. The van der Waals surface area contributed by atoms with Gasteiger partial charge >= 0.3 is 6.09 Å². The number of hydrogen-bond acceptors (Lipinski definition) is 7. The molecule has 3 amide bonds. The van der Waals surface area contributed by atoms with Gasteiger partial charge in [-0.05, 0) is 109 Å². The van der Waals surface area contributed by atoms with E-state index in [1.54, 1.807) is 0 Å². The summed E-state index contributed by atoms with van der Waals surface area (Å²) in [5, 5.41) is 5.04. The zero-order valence-electron chi connectivity index (χ0n) is 30.7. The van der Waals surface area contributed by atoms with Crippen LogP contribution >= 0.6 is 0 Å². The highest BCUT2D eigenvalue weighted by molar-refractivity contribution is 5.92. The van der Waals surface area contributed by atoms with E-state index in [1.165, 1.54) is 7.11 Å². The van der Waals surface area contributed by atoms with E-state index >= 15 is 0 Å². The minimum absolute atomic E-state index is 0.0595. The third-order valence-corrected chi connectivity index (χ3v) is 12.6. The number of carbonyl (C=O) groups is 3. The van der Waals surface area contributed by atoms with Gasteiger partial charge in [0.25, 0.3) is 0 Å². The second-order valence-corrected chi connectivity index (χ2v) is 15.7. The number of alkyl carbamates (subject to hydrolysis) is 1. The Kier molecular flexibility index (Phi) is 9.08. The third-order valence-electron chi connectivity index (χ3n) is 12.6. The molecular formula is C42H48N8O4. The molecular weight excluding hydrogens is 681 g/mol. The number of benzene rings is 3. The number of rotatable bonds is 9. The molecule has 5 N–H and O–H groups in total. The highest BCUT2D eigenvalue weighted by Crippen LogP contribution is 2.38. The van der Waals surface area contributed by atoms with Gasteiger partial charge in [-0.1, -0.05) is 43.2 Å². The molecule has 0 bridgehead atoms. The number of aromatic nitrogens is 4. The number of amides is 3. The molecule has 4 heterocycles. The summed E-state index contributed by atoms with van der Waals surface area (Å²) in [6.07, 6.45) is 11.0. The van der Waals surface area contributed by atoms with Crippen LogP contribution in [0.25, 0.3) is 44.2 Å². The fourth-order valence-electron chi connectivity index (χ4n) is 8.95. The van der Waals surface area contributed by atoms with Crippen molar-refractivity contribution in [2.45, 2.75) is 88.4 Å². The summed E-state index contributed by atoms with van der Waals surface area (Å²) in [6.45, 7) is 1.36. The molecule has 2 aliphatic heterocycles. The van der Waals surface area contributed by atoms with Crippen LogP contribution in [0.4, 0.5) is 4.79 Å². The lowest BCUT2D eigenvalue weighted by atomic mass is 9.79. The van der Waals surface area contributed by atoms with Gasteiger partial charge in [0.2, 0.25) is 11.8 Å². The monoisotopic (exact) mass is 728 g/mol. The minimum atomic E-state index is -0.578. The van der Waals surface area contributed by atoms with Gasteiger partial charge in [0.05, 0.1) is 48.2 Å². The van der Waals surface area contributed by atoms with Crippen LogP contribution in [0.15, 0.2) is 60.8 Å². The Morgan fingerprint density at radius 3 is 2.07 bits per heavy atom. The number of imidazole rings is 2. The van der Waals surface area contributed by atoms with Crippen LogP contribution in [0, 0.1) is 11.8 Å². The normalized spacial score (nSPS) is 21.6. The number of fused-ring (bicyclic) bond motifs is 2. The van der Waals surface area contributed by atoms with E-state index < -0.39 is 18.2 Å². The summed E-state index contributed by atoms with van der Waals surface area (Å²) < 4.78 is 4.84. The predicted molar refractivity (Wildman–Crippen MR) is 206 cm³/mol. The van der Waals surface area contributed by atoms with Crippen molar-refractivity contribution < 1.29 is 19.1 Å². The van der Waals surface area contributed by atoms with Crippen molar-refractivity contribution in [2.24, 2.45) is 17.6 Å². The summed E-state index contributed by atoms with van der Waals surface area (Å²) in [5.41, 5.74) is 12.4. The summed E-state index contributed by atoms with van der Waals surface area (Å²) in [5.74, 6) is 2.05. The Labute approximate surface area is 314 Å². The molecule has 5 aromatic rings. The lowest BCUT2D eigenvalue weighted by Gasteiger charge is -2.36. The van der Waals surface area contributed by atoms with Crippen molar-refractivity contribution in [1.82, 2.24) is 35.1 Å². The van der Waals surface area contributed by atoms with Crippen molar-refractivity contribution in [3.05, 3.63) is 72.4 Å². The molecule has 4 fully saturated rings. The van der Waals surface area contributed by atoms with Crippen LogP contribution in [0.3, 0.4) is 0 Å². The van der Waals surface area contributed by atoms with Gasteiger partial charge in [0, 0.05) is 18.7 Å². The van der Waals surface area contributed by atoms with Gasteiger partial charge in [-0.2, -0.15) is 0 Å². The summed E-state index contributed by atoms with van der Waals surface area (Å²) in [6, 6.07) is 18.0. The van der Waals surface area contributed by atoms with E-state index in [1.807, 2.05) is 16.0 Å². The molecule has 3 aromatic carbocycles. The maximum Gasteiger partial charge on any atom is 0.407 e. The number of H-pyrrole nitrogens is 2. The summed E-state index contributed by atoms with van der Waals surface area (Å²) in [7, 11) is 1.33. The molecule has 54 heavy (non-hydrogen) atoms. The van der Waals surface area contributed by atoms with Crippen LogP contribution in [0.1, 0.15) is 87.9 Å². The molecule has 280 valence electrons. The predicted octanol–water partition coefficient (Wildman–Crippen LogP) is 6.75. The van der Waals surface area contributed by atoms with Crippen LogP contribution in [-0.2, 0) is 14.3 Å². The van der Waals surface area contributed by atoms with Crippen molar-refractivity contribution >= 4 is 39.7 Å². The summed E-state index contributed by atoms with van der Waals surface area (Å²) >= 11 is 0. The highest BCUT2D eigenvalue weighted by Gasteiger charge is 2.42. The average Bonchev–Trinajstić information content (AvgIpc) is 3.97. The maximum absolute atomic E-state index is 13.8. The Morgan fingerprint density at radius 1 is 0.759 bits per heavy atom. The van der Waals surface area contributed by atoms with Gasteiger partial charge in [-0.15, -0.1) is 0 Å². The highest BCUT2D eigenvalue weighted by atomic mass is 16.5.